The molecule has 0 aromatic heterocycles. The van der Waals surface area contributed by atoms with E-state index in [1.807, 2.05) is 23.8 Å². The second kappa shape index (κ2) is 9.86. The van der Waals surface area contributed by atoms with E-state index in [1.54, 1.807) is 12.1 Å². The molecule has 6 nitrogen and oxygen atoms in total. The molecule has 0 spiro atoms. The van der Waals surface area contributed by atoms with Gasteiger partial charge in [0.05, 0.1) is 23.6 Å². The average Bonchev–Trinajstić information content (AvgIpc) is 2.69. The standard InChI is InChI=1S/C19H21F3N2O4S/c1-2-28-13-15-8-6-14(7-9-15)11-23-18(25)12-24-29(26,27)17-5-3-4-16(10-17)19(20,21)22/h3-10,24H,2,11-13H2,1H3,(H,23,25). The molecule has 0 heterocycles. The van der Waals surface area contributed by atoms with Gasteiger partial charge in [-0.05, 0) is 36.2 Å². The average molecular weight is 430 g/mol. The minimum Gasteiger partial charge on any atom is -0.377 e. The van der Waals surface area contributed by atoms with Crippen LogP contribution in [0.15, 0.2) is 53.4 Å². The number of ether oxygens (including phenoxy) is 1. The van der Waals surface area contributed by atoms with Gasteiger partial charge >= 0.3 is 6.18 Å². The summed E-state index contributed by atoms with van der Waals surface area (Å²) in [4.78, 5) is 11.3. The maximum atomic E-state index is 12.7. The summed E-state index contributed by atoms with van der Waals surface area (Å²) in [7, 11) is -4.26. The minimum atomic E-state index is -4.67. The highest BCUT2D eigenvalue weighted by Gasteiger charge is 2.31. The molecule has 0 radical (unpaired) electrons. The Balaban J connectivity index is 1.88. The highest BCUT2D eigenvalue weighted by Crippen LogP contribution is 2.30. The first-order valence-corrected chi connectivity index (χ1v) is 10.2. The molecule has 0 fully saturated rings. The van der Waals surface area contributed by atoms with Crippen molar-refractivity contribution in [3.8, 4) is 0 Å². The monoisotopic (exact) mass is 430 g/mol. The van der Waals surface area contributed by atoms with Crippen molar-refractivity contribution in [1.82, 2.24) is 10.0 Å². The summed E-state index contributed by atoms with van der Waals surface area (Å²) in [5, 5.41) is 2.54. The Morgan fingerprint density at radius 3 is 2.34 bits per heavy atom. The Morgan fingerprint density at radius 2 is 1.72 bits per heavy atom. The molecule has 0 saturated carbocycles. The molecular weight excluding hydrogens is 409 g/mol. The minimum absolute atomic E-state index is 0.180. The lowest BCUT2D eigenvalue weighted by molar-refractivity contribution is -0.137. The molecule has 0 aliphatic carbocycles. The zero-order valence-electron chi connectivity index (χ0n) is 15.6. The molecule has 10 heteroatoms. The first-order chi connectivity index (χ1) is 13.6. The normalized spacial score (nSPS) is 12.0. The van der Waals surface area contributed by atoms with E-state index in [4.69, 9.17) is 4.74 Å². The molecule has 0 aliphatic heterocycles. The van der Waals surface area contributed by atoms with Gasteiger partial charge in [-0.25, -0.2) is 13.1 Å². The van der Waals surface area contributed by atoms with Gasteiger partial charge in [0.2, 0.25) is 15.9 Å². The highest BCUT2D eigenvalue weighted by molar-refractivity contribution is 7.89. The third-order valence-corrected chi connectivity index (χ3v) is 5.28. The maximum Gasteiger partial charge on any atom is 0.416 e. The largest absolute Gasteiger partial charge is 0.416 e. The highest BCUT2D eigenvalue weighted by atomic mass is 32.2. The van der Waals surface area contributed by atoms with Crippen LogP contribution in [-0.4, -0.2) is 27.5 Å². The predicted molar refractivity (Wildman–Crippen MR) is 100 cm³/mol. The van der Waals surface area contributed by atoms with E-state index in [9.17, 15) is 26.4 Å². The fraction of sp³-hybridized carbons (Fsp3) is 0.316. The lowest BCUT2D eigenvalue weighted by Crippen LogP contribution is -2.36. The van der Waals surface area contributed by atoms with Crippen molar-refractivity contribution >= 4 is 15.9 Å². The van der Waals surface area contributed by atoms with Gasteiger partial charge in [-0.15, -0.1) is 0 Å². The summed E-state index contributed by atoms with van der Waals surface area (Å²) in [6, 6.07) is 10.6. The summed E-state index contributed by atoms with van der Waals surface area (Å²) in [5.41, 5.74) is 0.702. The summed E-state index contributed by atoms with van der Waals surface area (Å²) < 4.78 is 69.8. The number of halogens is 3. The van der Waals surface area contributed by atoms with E-state index in [0.717, 1.165) is 29.3 Å². The van der Waals surface area contributed by atoms with Crippen molar-refractivity contribution in [2.24, 2.45) is 0 Å². The van der Waals surface area contributed by atoms with Crippen LogP contribution in [0.25, 0.3) is 0 Å². The van der Waals surface area contributed by atoms with Gasteiger partial charge in [-0.2, -0.15) is 13.2 Å². The third-order valence-electron chi connectivity index (χ3n) is 3.88. The summed E-state index contributed by atoms with van der Waals surface area (Å²) in [6.07, 6.45) is -4.67. The van der Waals surface area contributed by atoms with Crippen LogP contribution >= 0.6 is 0 Å². The van der Waals surface area contributed by atoms with Gasteiger partial charge < -0.3 is 10.1 Å². The number of hydrogen-bond donors (Lipinski definition) is 2. The number of amides is 1. The Labute approximate surface area is 167 Å². The third kappa shape index (κ3) is 7.15. The second-order valence-electron chi connectivity index (χ2n) is 6.08. The van der Waals surface area contributed by atoms with E-state index in [0.29, 0.717) is 19.3 Å². The molecule has 0 unspecified atom stereocenters. The number of carbonyl (C=O) groups excluding carboxylic acids is 1. The Bertz CT molecular complexity index is 929. The van der Waals surface area contributed by atoms with Crippen molar-refractivity contribution in [3.63, 3.8) is 0 Å². The van der Waals surface area contributed by atoms with Crippen LogP contribution in [0.5, 0.6) is 0 Å². The topological polar surface area (TPSA) is 84.5 Å². The fourth-order valence-electron chi connectivity index (χ4n) is 2.32. The van der Waals surface area contributed by atoms with Gasteiger partial charge in [0.1, 0.15) is 0 Å². The molecule has 0 saturated heterocycles. The van der Waals surface area contributed by atoms with Crippen molar-refractivity contribution in [1.29, 1.82) is 0 Å². The summed E-state index contributed by atoms with van der Waals surface area (Å²) >= 11 is 0. The number of rotatable bonds is 9. The van der Waals surface area contributed by atoms with Crippen molar-refractivity contribution in [2.75, 3.05) is 13.2 Å². The molecular formula is C19H21F3N2O4S. The van der Waals surface area contributed by atoms with E-state index in [2.05, 4.69) is 5.32 Å². The van der Waals surface area contributed by atoms with Gasteiger partial charge in [0.15, 0.2) is 0 Å². The van der Waals surface area contributed by atoms with Gasteiger partial charge in [0.25, 0.3) is 0 Å². The lowest BCUT2D eigenvalue weighted by atomic mass is 10.1. The zero-order chi connectivity index (χ0) is 21.5. The number of alkyl halides is 3. The van der Waals surface area contributed by atoms with Crippen molar-refractivity contribution in [2.45, 2.75) is 31.1 Å². The zero-order valence-corrected chi connectivity index (χ0v) is 16.4. The van der Waals surface area contributed by atoms with E-state index in [-0.39, 0.29) is 6.54 Å². The quantitative estimate of drug-likeness (QED) is 0.641. The summed E-state index contributed by atoms with van der Waals surface area (Å²) in [5.74, 6) is -0.612. The molecule has 0 aliphatic rings. The van der Waals surface area contributed by atoms with Crippen LogP contribution in [-0.2, 0) is 38.9 Å². The SMILES string of the molecule is CCOCc1ccc(CNC(=O)CNS(=O)(=O)c2cccc(C(F)(F)F)c2)cc1. The number of sulfonamides is 1. The molecule has 2 aromatic carbocycles. The molecule has 2 rings (SSSR count). The van der Waals surface area contributed by atoms with E-state index in [1.165, 1.54) is 0 Å². The van der Waals surface area contributed by atoms with Crippen LogP contribution in [0.4, 0.5) is 13.2 Å². The molecule has 0 bridgehead atoms. The first-order valence-electron chi connectivity index (χ1n) is 8.71. The predicted octanol–water partition coefficient (Wildman–Crippen LogP) is 2.84. The molecule has 1 amide bonds. The first kappa shape index (κ1) is 22.9. The van der Waals surface area contributed by atoms with Crippen LogP contribution in [0.3, 0.4) is 0 Å². The summed E-state index contributed by atoms with van der Waals surface area (Å²) in [6.45, 7) is 2.57. The molecule has 2 aromatic rings. The molecule has 2 N–H and O–H groups in total. The molecule has 0 atom stereocenters. The van der Waals surface area contributed by atoms with Crippen LogP contribution < -0.4 is 10.0 Å². The Hall–Kier alpha value is -2.43. The fourth-order valence-corrected chi connectivity index (χ4v) is 3.35. The van der Waals surface area contributed by atoms with Crippen molar-refractivity contribution < 1.29 is 31.1 Å². The van der Waals surface area contributed by atoms with Crippen LogP contribution in [0.2, 0.25) is 0 Å². The van der Waals surface area contributed by atoms with Gasteiger partial charge in [-0.3, -0.25) is 4.79 Å². The Morgan fingerprint density at radius 1 is 1.07 bits per heavy atom. The molecule has 158 valence electrons. The van der Waals surface area contributed by atoms with E-state index < -0.39 is 39.1 Å². The smallest absolute Gasteiger partial charge is 0.377 e. The van der Waals surface area contributed by atoms with Gasteiger partial charge in [-0.1, -0.05) is 30.3 Å². The Kier molecular flexibility index (Phi) is 7.77. The lowest BCUT2D eigenvalue weighted by Gasteiger charge is -2.11. The second-order valence-corrected chi connectivity index (χ2v) is 7.85. The maximum absolute atomic E-state index is 12.7. The van der Waals surface area contributed by atoms with Gasteiger partial charge in [0, 0.05) is 13.2 Å². The number of benzene rings is 2. The van der Waals surface area contributed by atoms with Crippen LogP contribution in [0.1, 0.15) is 23.6 Å². The number of carbonyl (C=O) groups is 1. The van der Waals surface area contributed by atoms with Crippen LogP contribution in [0, 0.1) is 0 Å². The number of nitrogens with one attached hydrogen (secondary N) is 2. The number of hydrogen-bond acceptors (Lipinski definition) is 4. The van der Waals surface area contributed by atoms with Crippen molar-refractivity contribution in [3.05, 3.63) is 65.2 Å². The molecule has 29 heavy (non-hydrogen) atoms. The van der Waals surface area contributed by atoms with E-state index >= 15 is 0 Å².